The first-order valence-corrected chi connectivity index (χ1v) is 7.59. The first-order valence-electron chi connectivity index (χ1n) is 7.59. The largest absolute Gasteiger partial charge is 0.370 e. The Balaban J connectivity index is 2.07. The molecule has 1 aromatic carbocycles. The molecular formula is C17H22N6. The Kier molecular flexibility index (Phi) is 5.89. The standard InChI is InChI=1S/C17H22N6/c1-13-20-16(19-9-6-10-23(2)3)11-17(21-13)22-15-8-5-4-7-14(15)12-18/h4-5,7-8,11H,6,9-10H2,1-3H3,(H2,19,20,21,22). The number of hydrogen-bond acceptors (Lipinski definition) is 6. The SMILES string of the molecule is Cc1nc(NCCCN(C)C)cc(Nc2ccccc2C#N)n1. The molecule has 0 saturated heterocycles. The fourth-order valence-electron chi connectivity index (χ4n) is 2.16. The molecule has 6 heteroatoms. The van der Waals surface area contributed by atoms with Crippen LogP contribution in [-0.4, -0.2) is 42.1 Å². The predicted octanol–water partition coefficient (Wildman–Crippen LogP) is 2.76. The van der Waals surface area contributed by atoms with E-state index in [4.69, 9.17) is 5.26 Å². The molecule has 1 heterocycles. The van der Waals surface area contributed by atoms with Gasteiger partial charge >= 0.3 is 0 Å². The summed E-state index contributed by atoms with van der Waals surface area (Å²) in [4.78, 5) is 10.9. The number of aryl methyl sites for hydroxylation is 1. The number of nitrogens with one attached hydrogen (secondary N) is 2. The predicted molar refractivity (Wildman–Crippen MR) is 92.9 cm³/mol. The maximum Gasteiger partial charge on any atom is 0.136 e. The second kappa shape index (κ2) is 8.11. The molecule has 0 bridgehead atoms. The zero-order chi connectivity index (χ0) is 16.7. The van der Waals surface area contributed by atoms with Crippen LogP contribution in [0.1, 0.15) is 17.8 Å². The van der Waals surface area contributed by atoms with E-state index in [0.717, 1.165) is 31.0 Å². The van der Waals surface area contributed by atoms with Gasteiger partial charge in [0.15, 0.2) is 0 Å². The molecule has 0 amide bonds. The second-order valence-electron chi connectivity index (χ2n) is 5.55. The highest BCUT2D eigenvalue weighted by molar-refractivity contribution is 5.65. The topological polar surface area (TPSA) is 76.9 Å². The number of anilines is 3. The Hall–Kier alpha value is -2.65. The molecule has 0 spiro atoms. The number of benzene rings is 1. The Labute approximate surface area is 137 Å². The maximum absolute atomic E-state index is 9.15. The van der Waals surface area contributed by atoms with Gasteiger partial charge in [-0.2, -0.15) is 5.26 Å². The van der Waals surface area contributed by atoms with Gasteiger partial charge in [0, 0.05) is 12.6 Å². The summed E-state index contributed by atoms with van der Waals surface area (Å²) in [6.45, 7) is 3.73. The van der Waals surface area contributed by atoms with Crippen molar-refractivity contribution >= 4 is 17.3 Å². The molecule has 0 aliphatic carbocycles. The zero-order valence-corrected chi connectivity index (χ0v) is 13.8. The first kappa shape index (κ1) is 16.7. The number of hydrogen-bond donors (Lipinski definition) is 2. The minimum absolute atomic E-state index is 0.587. The summed E-state index contributed by atoms with van der Waals surface area (Å²) in [5.74, 6) is 2.14. The van der Waals surface area contributed by atoms with Crippen molar-refractivity contribution in [1.29, 1.82) is 5.26 Å². The van der Waals surface area contributed by atoms with Crippen LogP contribution in [0.5, 0.6) is 0 Å². The third kappa shape index (κ3) is 5.24. The van der Waals surface area contributed by atoms with Crippen LogP contribution in [0.25, 0.3) is 0 Å². The number of nitriles is 1. The molecule has 2 aromatic rings. The Morgan fingerprint density at radius 3 is 2.65 bits per heavy atom. The molecule has 1 aromatic heterocycles. The lowest BCUT2D eigenvalue weighted by Gasteiger charge is -2.12. The number of nitrogens with zero attached hydrogens (tertiary/aromatic N) is 4. The molecule has 2 N–H and O–H groups in total. The normalized spacial score (nSPS) is 10.4. The molecule has 0 aliphatic rings. The molecule has 6 nitrogen and oxygen atoms in total. The van der Waals surface area contributed by atoms with Crippen LogP contribution in [0.15, 0.2) is 30.3 Å². The van der Waals surface area contributed by atoms with Gasteiger partial charge in [-0.25, -0.2) is 9.97 Å². The van der Waals surface area contributed by atoms with Crippen LogP contribution < -0.4 is 10.6 Å². The Morgan fingerprint density at radius 2 is 1.91 bits per heavy atom. The van der Waals surface area contributed by atoms with Gasteiger partial charge in [0.25, 0.3) is 0 Å². The van der Waals surface area contributed by atoms with Crippen LogP contribution in [-0.2, 0) is 0 Å². The van der Waals surface area contributed by atoms with Crippen molar-refractivity contribution in [3.05, 3.63) is 41.7 Å². The van der Waals surface area contributed by atoms with E-state index < -0.39 is 0 Å². The average molecular weight is 310 g/mol. The molecule has 0 atom stereocenters. The third-order valence-electron chi connectivity index (χ3n) is 3.24. The third-order valence-corrected chi connectivity index (χ3v) is 3.24. The van der Waals surface area contributed by atoms with E-state index in [9.17, 15) is 0 Å². The highest BCUT2D eigenvalue weighted by Crippen LogP contribution is 2.20. The smallest absolute Gasteiger partial charge is 0.136 e. The van der Waals surface area contributed by atoms with Crippen LogP contribution in [0.4, 0.5) is 17.3 Å². The lowest BCUT2D eigenvalue weighted by Crippen LogP contribution is -2.16. The monoisotopic (exact) mass is 310 g/mol. The van der Waals surface area contributed by atoms with Crippen LogP contribution >= 0.6 is 0 Å². The van der Waals surface area contributed by atoms with Gasteiger partial charge in [0.1, 0.15) is 23.5 Å². The summed E-state index contributed by atoms with van der Waals surface area (Å²) in [6, 6.07) is 11.4. The second-order valence-corrected chi connectivity index (χ2v) is 5.55. The lowest BCUT2D eigenvalue weighted by atomic mass is 10.2. The van der Waals surface area contributed by atoms with Crippen LogP contribution in [0.2, 0.25) is 0 Å². The maximum atomic E-state index is 9.15. The highest BCUT2D eigenvalue weighted by atomic mass is 15.1. The van der Waals surface area contributed by atoms with Gasteiger partial charge in [-0.1, -0.05) is 12.1 Å². The van der Waals surface area contributed by atoms with E-state index in [1.807, 2.05) is 31.2 Å². The summed E-state index contributed by atoms with van der Waals surface area (Å²) in [5.41, 5.74) is 1.33. The average Bonchev–Trinajstić information content (AvgIpc) is 2.51. The molecule has 0 aliphatic heterocycles. The first-order chi connectivity index (χ1) is 11.1. The van der Waals surface area contributed by atoms with Gasteiger partial charge in [-0.3, -0.25) is 0 Å². The number of aromatic nitrogens is 2. The summed E-state index contributed by atoms with van der Waals surface area (Å²) < 4.78 is 0. The van der Waals surface area contributed by atoms with E-state index in [-0.39, 0.29) is 0 Å². The summed E-state index contributed by atoms with van der Waals surface area (Å²) >= 11 is 0. The van der Waals surface area contributed by atoms with Gasteiger partial charge < -0.3 is 15.5 Å². The number of para-hydroxylation sites is 1. The van der Waals surface area contributed by atoms with Crippen molar-refractivity contribution in [3.8, 4) is 6.07 Å². The molecule has 0 fully saturated rings. The molecule has 120 valence electrons. The lowest BCUT2D eigenvalue weighted by molar-refractivity contribution is 0.405. The van der Waals surface area contributed by atoms with Crippen molar-refractivity contribution in [3.63, 3.8) is 0 Å². The summed E-state index contributed by atoms with van der Waals surface area (Å²) in [5, 5.41) is 15.7. The summed E-state index contributed by atoms with van der Waals surface area (Å²) in [6.07, 6.45) is 1.04. The van der Waals surface area contributed by atoms with Gasteiger partial charge in [0.2, 0.25) is 0 Å². The quantitative estimate of drug-likeness (QED) is 0.766. The van der Waals surface area contributed by atoms with E-state index in [1.165, 1.54) is 0 Å². The van der Waals surface area contributed by atoms with Crippen molar-refractivity contribution in [2.24, 2.45) is 0 Å². The van der Waals surface area contributed by atoms with Gasteiger partial charge in [-0.15, -0.1) is 0 Å². The van der Waals surface area contributed by atoms with Crippen molar-refractivity contribution in [1.82, 2.24) is 14.9 Å². The summed E-state index contributed by atoms with van der Waals surface area (Å²) in [7, 11) is 4.12. The van der Waals surface area contributed by atoms with Crippen LogP contribution in [0, 0.1) is 18.3 Å². The number of rotatable bonds is 7. The van der Waals surface area contributed by atoms with Crippen molar-refractivity contribution < 1.29 is 0 Å². The Morgan fingerprint density at radius 1 is 1.17 bits per heavy atom. The van der Waals surface area contributed by atoms with Crippen LogP contribution in [0.3, 0.4) is 0 Å². The molecule has 0 unspecified atom stereocenters. The van der Waals surface area contributed by atoms with E-state index in [0.29, 0.717) is 17.2 Å². The molecule has 2 rings (SSSR count). The molecule has 23 heavy (non-hydrogen) atoms. The zero-order valence-electron chi connectivity index (χ0n) is 13.8. The molecule has 0 radical (unpaired) electrons. The Bertz CT molecular complexity index is 690. The van der Waals surface area contributed by atoms with Crippen molar-refractivity contribution in [2.45, 2.75) is 13.3 Å². The minimum Gasteiger partial charge on any atom is -0.370 e. The van der Waals surface area contributed by atoms with E-state index in [1.54, 1.807) is 6.07 Å². The van der Waals surface area contributed by atoms with Crippen molar-refractivity contribution in [2.75, 3.05) is 37.8 Å². The minimum atomic E-state index is 0.587. The van der Waals surface area contributed by atoms with E-state index >= 15 is 0 Å². The fourth-order valence-corrected chi connectivity index (χ4v) is 2.16. The van der Waals surface area contributed by atoms with Gasteiger partial charge in [-0.05, 0) is 46.1 Å². The van der Waals surface area contributed by atoms with E-state index in [2.05, 4.69) is 45.7 Å². The highest BCUT2D eigenvalue weighted by Gasteiger charge is 2.05. The molecule has 0 saturated carbocycles. The molecular weight excluding hydrogens is 288 g/mol. The van der Waals surface area contributed by atoms with Gasteiger partial charge in [0.05, 0.1) is 11.3 Å². The fraction of sp³-hybridized carbons (Fsp3) is 0.353.